The predicted octanol–water partition coefficient (Wildman–Crippen LogP) is 3.18. The van der Waals surface area contributed by atoms with Crippen LogP contribution in [-0.2, 0) is 19.1 Å². The number of hydrogen-bond donors (Lipinski definition) is 1. The first-order valence-electron chi connectivity index (χ1n) is 10.4. The summed E-state index contributed by atoms with van der Waals surface area (Å²) in [5.74, 6) is -0.532. The van der Waals surface area contributed by atoms with Crippen LogP contribution in [0.15, 0.2) is 39.4 Å². The van der Waals surface area contributed by atoms with Crippen molar-refractivity contribution < 1.29 is 28.6 Å². The Balaban J connectivity index is 1.67. The Morgan fingerprint density at radius 3 is 2.72 bits per heavy atom. The number of thioether (sulfide) groups is 1. The van der Waals surface area contributed by atoms with Crippen LogP contribution in [0, 0.1) is 5.92 Å². The average Bonchev–Trinajstić information content (AvgIpc) is 3.14. The van der Waals surface area contributed by atoms with E-state index >= 15 is 0 Å². The lowest BCUT2D eigenvalue weighted by atomic mass is 9.89. The van der Waals surface area contributed by atoms with E-state index in [9.17, 15) is 14.4 Å². The van der Waals surface area contributed by atoms with Crippen LogP contribution in [0.5, 0.6) is 11.5 Å². The summed E-state index contributed by atoms with van der Waals surface area (Å²) in [6.45, 7) is 2.26. The largest absolute Gasteiger partial charge is 0.490 e. The summed E-state index contributed by atoms with van der Waals surface area (Å²) in [5, 5.41) is 10.7. The highest BCUT2D eigenvalue weighted by Crippen LogP contribution is 2.31. The van der Waals surface area contributed by atoms with Gasteiger partial charge in [0.25, 0.3) is 5.91 Å². The van der Waals surface area contributed by atoms with Gasteiger partial charge in [-0.1, -0.05) is 19.3 Å². The standard InChI is InChI=1S/C22H25N3O6S/c1-3-30-17-11-14(9-10-16(17)31-21(28)15-7-5-4-6-8-15)13-23-25-22-24-20(27)18(32-22)12-19(26)29-2/h9-13,15H,3-8H2,1-2H3,(H,24,25,27)/b18-12+,23-13?. The van der Waals surface area contributed by atoms with E-state index in [-0.39, 0.29) is 22.0 Å². The van der Waals surface area contributed by atoms with Crippen LogP contribution in [0.25, 0.3) is 0 Å². The molecule has 2 aliphatic rings. The molecular weight excluding hydrogens is 434 g/mol. The number of ether oxygens (including phenoxy) is 3. The molecule has 32 heavy (non-hydrogen) atoms. The highest BCUT2D eigenvalue weighted by atomic mass is 32.2. The van der Waals surface area contributed by atoms with Crippen molar-refractivity contribution in [2.24, 2.45) is 16.1 Å². The number of carbonyl (C=O) groups excluding carboxylic acids is 3. The van der Waals surface area contributed by atoms with Crippen molar-refractivity contribution in [3.05, 3.63) is 34.7 Å². The molecule has 1 saturated carbocycles. The summed E-state index contributed by atoms with van der Waals surface area (Å²) < 4.78 is 15.8. The third kappa shape index (κ3) is 6.43. The maximum absolute atomic E-state index is 12.5. The second-order valence-electron chi connectivity index (χ2n) is 7.13. The molecule has 0 atom stereocenters. The van der Waals surface area contributed by atoms with Gasteiger partial charge in [-0.25, -0.2) is 4.79 Å². The van der Waals surface area contributed by atoms with Gasteiger partial charge in [0, 0.05) is 6.08 Å². The Morgan fingerprint density at radius 2 is 2.00 bits per heavy atom. The minimum Gasteiger partial charge on any atom is -0.490 e. The maximum atomic E-state index is 12.5. The van der Waals surface area contributed by atoms with Gasteiger partial charge < -0.3 is 14.2 Å². The number of esters is 2. The summed E-state index contributed by atoms with van der Waals surface area (Å²) in [4.78, 5) is 35.8. The normalized spacial score (nSPS) is 19.4. The van der Waals surface area contributed by atoms with E-state index in [1.807, 2.05) is 6.92 Å². The number of nitrogens with zero attached hydrogens (tertiary/aromatic N) is 2. The van der Waals surface area contributed by atoms with Crippen molar-refractivity contribution in [1.82, 2.24) is 5.32 Å². The van der Waals surface area contributed by atoms with E-state index in [0.717, 1.165) is 49.9 Å². The number of amidine groups is 1. The number of amides is 1. The van der Waals surface area contributed by atoms with Crippen LogP contribution in [0.4, 0.5) is 0 Å². The fraction of sp³-hybridized carbons (Fsp3) is 0.409. The number of hydrogen-bond acceptors (Lipinski definition) is 9. The van der Waals surface area contributed by atoms with Gasteiger partial charge in [-0.15, -0.1) is 5.10 Å². The van der Waals surface area contributed by atoms with E-state index in [1.54, 1.807) is 18.2 Å². The lowest BCUT2D eigenvalue weighted by Gasteiger charge is -2.20. The van der Waals surface area contributed by atoms with Crippen LogP contribution in [0.3, 0.4) is 0 Å². The minimum atomic E-state index is -0.625. The van der Waals surface area contributed by atoms with Crippen LogP contribution in [-0.4, -0.2) is 42.9 Å². The summed E-state index contributed by atoms with van der Waals surface area (Å²) in [7, 11) is 1.23. The second kappa shape index (κ2) is 11.5. The fourth-order valence-electron chi connectivity index (χ4n) is 3.28. The monoisotopic (exact) mass is 459 g/mol. The van der Waals surface area contributed by atoms with Gasteiger partial charge in [0.1, 0.15) is 0 Å². The molecule has 1 saturated heterocycles. The summed E-state index contributed by atoms with van der Waals surface area (Å²) in [6.07, 6.45) is 7.56. The first kappa shape index (κ1) is 23.5. The number of methoxy groups -OCH3 is 1. The number of carbonyl (C=O) groups is 3. The minimum absolute atomic E-state index is 0.0625. The van der Waals surface area contributed by atoms with Crippen molar-refractivity contribution >= 4 is 41.0 Å². The van der Waals surface area contributed by atoms with Crippen LogP contribution >= 0.6 is 11.8 Å². The Morgan fingerprint density at radius 1 is 1.22 bits per heavy atom. The van der Waals surface area contributed by atoms with Crippen LogP contribution in [0.1, 0.15) is 44.6 Å². The highest BCUT2D eigenvalue weighted by molar-refractivity contribution is 8.18. The fourth-order valence-corrected chi connectivity index (χ4v) is 4.02. The first-order chi connectivity index (χ1) is 15.5. The Kier molecular flexibility index (Phi) is 8.43. The maximum Gasteiger partial charge on any atom is 0.331 e. The summed E-state index contributed by atoms with van der Waals surface area (Å²) >= 11 is 0.985. The van der Waals surface area contributed by atoms with E-state index < -0.39 is 11.9 Å². The molecule has 1 aromatic carbocycles. The van der Waals surface area contributed by atoms with Crippen molar-refractivity contribution in [2.45, 2.75) is 39.0 Å². The zero-order chi connectivity index (χ0) is 22.9. The van der Waals surface area contributed by atoms with Crippen molar-refractivity contribution in [2.75, 3.05) is 13.7 Å². The van der Waals surface area contributed by atoms with Gasteiger partial charge in [0.2, 0.25) is 0 Å². The molecule has 1 heterocycles. The van der Waals surface area contributed by atoms with Gasteiger partial charge in [0.15, 0.2) is 16.7 Å². The number of nitrogens with one attached hydrogen (secondary N) is 1. The summed E-state index contributed by atoms with van der Waals surface area (Å²) in [6, 6.07) is 5.11. The van der Waals surface area contributed by atoms with Gasteiger partial charge in [0.05, 0.1) is 30.8 Å². The molecule has 1 aliphatic carbocycles. The van der Waals surface area contributed by atoms with Gasteiger partial charge in [-0.2, -0.15) is 5.10 Å². The molecule has 0 aromatic heterocycles. The van der Waals surface area contributed by atoms with Crippen molar-refractivity contribution in [1.29, 1.82) is 0 Å². The zero-order valence-electron chi connectivity index (χ0n) is 18.0. The smallest absolute Gasteiger partial charge is 0.331 e. The van der Waals surface area contributed by atoms with Crippen LogP contribution in [0.2, 0.25) is 0 Å². The Hall–Kier alpha value is -3.14. The molecule has 1 aromatic rings. The number of rotatable bonds is 7. The first-order valence-corrected chi connectivity index (χ1v) is 11.2. The van der Waals surface area contributed by atoms with Gasteiger partial charge in [-0.3, -0.25) is 14.9 Å². The molecule has 1 amide bonds. The summed E-state index contributed by atoms with van der Waals surface area (Å²) in [5.41, 5.74) is 0.676. The lowest BCUT2D eigenvalue weighted by Crippen LogP contribution is -2.23. The van der Waals surface area contributed by atoms with Crippen molar-refractivity contribution in [3.8, 4) is 11.5 Å². The zero-order valence-corrected chi connectivity index (χ0v) is 18.8. The van der Waals surface area contributed by atoms with E-state index in [1.165, 1.54) is 13.3 Å². The Labute approximate surface area is 190 Å². The van der Waals surface area contributed by atoms with E-state index in [2.05, 4.69) is 20.3 Å². The number of benzene rings is 1. The molecular formula is C22H25N3O6S. The molecule has 0 unspecified atom stereocenters. The molecule has 170 valence electrons. The highest BCUT2D eigenvalue weighted by Gasteiger charge is 2.25. The van der Waals surface area contributed by atoms with E-state index in [4.69, 9.17) is 9.47 Å². The third-order valence-electron chi connectivity index (χ3n) is 4.87. The molecule has 2 fully saturated rings. The lowest BCUT2D eigenvalue weighted by molar-refractivity contribution is -0.140. The SMILES string of the molecule is CCOc1cc(C=N/N=C2/NC(=O)/C(=C\C(=O)OC)S2)ccc1OC(=O)C1CCCCC1. The van der Waals surface area contributed by atoms with E-state index in [0.29, 0.717) is 23.7 Å². The van der Waals surface area contributed by atoms with Gasteiger partial charge in [-0.05, 0) is 55.3 Å². The molecule has 9 nitrogen and oxygen atoms in total. The molecule has 0 bridgehead atoms. The Bertz CT molecular complexity index is 966. The third-order valence-corrected chi connectivity index (χ3v) is 5.77. The van der Waals surface area contributed by atoms with Crippen molar-refractivity contribution in [3.63, 3.8) is 0 Å². The molecule has 0 radical (unpaired) electrons. The average molecular weight is 460 g/mol. The van der Waals surface area contributed by atoms with Crippen LogP contribution < -0.4 is 14.8 Å². The molecule has 1 aliphatic heterocycles. The van der Waals surface area contributed by atoms with Gasteiger partial charge >= 0.3 is 11.9 Å². The molecule has 3 rings (SSSR count). The molecule has 10 heteroatoms. The molecule has 0 spiro atoms. The molecule has 1 N–H and O–H groups in total. The predicted molar refractivity (Wildman–Crippen MR) is 121 cm³/mol. The quantitative estimate of drug-likeness (QED) is 0.219. The topological polar surface area (TPSA) is 116 Å². The second-order valence-corrected chi connectivity index (χ2v) is 8.16.